The highest BCUT2D eigenvalue weighted by Gasteiger charge is 2.25. The van der Waals surface area contributed by atoms with Gasteiger partial charge in [-0.2, -0.15) is 0 Å². The van der Waals surface area contributed by atoms with Gasteiger partial charge in [0.05, 0.1) is 6.54 Å². The van der Waals surface area contributed by atoms with Gasteiger partial charge in [-0.25, -0.2) is 18.6 Å². The molecule has 1 unspecified atom stereocenters. The van der Waals surface area contributed by atoms with Crippen molar-refractivity contribution in [1.82, 2.24) is 4.98 Å². The van der Waals surface area contributed by atoms with Crippen LogP contribution in [0, 0.1) is 5.82 Å². The van der Waals surface area contributed by atoms with E-state index in [9.17, 15) is 13.6 Å². The molecule has 2 rings (SSSR count). The number of carboxylic acids is 1. The number of hydrogen-bond acceptors (Lipinski definition) is 3. The molecule has 1 N–H and O–H groups in total. The van der Waals surface area contributed by atoms with E-state index in [4.69, 9.17) is 5.11 Å². The first-order valence-corrected chi connectivity index (χ1v) is 4.87. The Morgan fingerprint density at radius 3 is 2.88 bits per heavy atom. The fourth-order valence-corrected chi connectivity index (χ4v) is 1.68. The normalized spacial score (nSPS) is 20.1. The number of halogens is 2. The van der Waals surface area contributed by atoms with Crippen LogP contribution < -0.4 is 4.90 Å². The predicted molar refractivity (Wildman–Crippen MR) is 52.9 cm³/mol. The van der Waals surface area contributed by atoms with Crippen LogP contribution in [0.25, 0.3) is 0 Å². The van der Waals surface area contributed by atoms with Crippen molar-refractivity contribution in [2.24, 2.45) is 0 Å². The van der Waals surface area contributed by atoms with Crippen molar-refractivity contribution in [3.05, 3.63) is 23.6 Å². The number of carbonyl (C=O) groups is 1. The van der Waals surface area contributed by atoms with E-state index in [1.54, 1.807) is 0 Å². The highest BCUT2D eigenvalue weighted by molar-refractivity contribution is 5.85. The maximum Gasteiger partial charge on any atom is 0.354 e. The molecule has 0 spiro atoms. The Morgan fingerprint density at radius 2 is 2.31 bits per heavy atom. The van der Waals surface area contributed by atoms with Crippen LogP contribution in [0.1, 0.15) is 16.9 Å². The van der Waals surface area contributed by atoms with Crippen LogP contribution in [-0.2, 0) is 0 Å². The average Bonchev–Trinajstić information content (AvgIpc) is 2.65. The largest absolute Gasteiger partial charge is 0.477 e. The molecule has 0 bridgehead atoms. The van der Waals surface area contributed by atoms with E-state index in [0.29, 0.717) is 13.0 Å². The van der Waals surface area contributed by atoms with E-state index in [-0.39, 0.29) is 18.1 Å². The van der Waals surface area contributed by atoms with Gasteiger partial charge in [0.2, 0.25) is 0 Å². The van der Waals surface area contributed by atoms with Gasteiger partial charge in [0.25, 0.3) is 0 Å². The Hall–Kier alpha value is -1.72. The van der Waals surface area contributed by atoms with Crippen molar-refractivity contribution in [1.29, 1.82) is 0 Å². The molecule has 1 aromatic rings. The molecule has 16 heavy (non-hydrogen) atoms. The van der Waals surface area contributed by atoms with Gasteiger partial charge in [-0.1, -0.05) is 0 Å². The molecular formula is C10H10F2N2O2. The molecule has 1 atom stereocenters. The number of rotatable bonds is 2. The Balaban J connectivity index is 2.32. The predicted octanol–water partition coefficient (Wildman–Crippen LogP) is 1.47. The van der Waals surface area contributed by atoms with Crippen molar-refractivity contribution in [2.75, 3.05) is 18.0 Å². The molecule has 1 aromatic heterocycles. The van der Waals surface area contributed by atoms with E-state index in [0.717, 1.165) is 12.1 Å². The molecule has 1 aliphatic heterocycles. The number of carboxylic acid groups (broad SMARTS) is 1. The number of nitrogens with zero attached hydrogens (tertiary/aromatic N) is 2. The van der Waals surface area contributed by atoms with E-state index in [2.05, 4.69) is 4.98 Å². The Morgan fingerprint density at radius 1 is 1.56 bits per heavy atom. The maximum atomic E-state index is 13.4. The minimum absolute atomic E-state index is 0.0625. The summed E-state index contributed by atoms with van der Waals surface area (Å²) < 4.78 is 26.3. The number of anilines is 1. The molecule has 0 saturated carbocycles. The fourth-order valence-electron chi connectivity index (χ4n) is 1.68. The number of aromatic nitrogens is 1. The molecule has 1 fully saturated rings. The van der Waals surface area contributed by atoms with Gasteiger partial charge in [0.1, 0.15) is 6.17 Å². The molecule has 0 aromatic carbocycles. The second-order valence-electron chi connectivity index (χ2n) is 3.64. The van der Waals surface area contributed by atoms with Crippen molar-refractivity contribution in [2.45, 2.75) is 12.6 Å². The first-order chi connectivity index (χ1) is 7.58. The summed E-state index contributed by atoms with van der Waals surface area (Å²) in [5, 5.41) is 8.72. The lowest BCUT2D eigenvalue weighted by molar-refractivity contribution is 0.0690. The summed E-state index contributed by atoms with van der Waals surface area (Å²) in [7, 11) is 0. The molecule has 1 aliphatic rings. The Labute approximate surface area is 90.5 Å². The summed E-state index contributed by atoms with van der Waals surface area (Å²) in [4.78, 5) is 15.8. The number of aromatic carboxylic acids is 1. The van der Waals surface area contributed by atoms with Crippen LogP contribution in [0.4, 0.5) is 14.6 Å². The van der Waals surface area contributed by atoms with E-state index in [1.807, 2.05) is 0 Å². The molecular weight excluding hydrogens is 218 g/mol. The Bertz CT molecular complexity index is 425. The van der Waals surface area contributed by atoms with Crippen LogP contribution in [-0.4, -0.2) is 35.3 Å². The van der Waals surface area contributed by atoms with Gasteiger partial charge in [-0.05, 0) is 18.6 Å². The molecule has 86 valence electrons. The molecule has 0 aliphatic carbocycles. The molecule has 0 amide bonds. The Kier molecular flexibility index (Phi) is 2.72. The monoisotopic (exact) mass is 228 g/mol. The average molecular weight is 228 g/mol. The smallest absolute Gasteiger partial charge is 0.354 e. The first kappa shape index (κ1) is 10.8. The van der Waals surface area contributed by atoms with Gasteiger partial charge in [0, 0.05) is 6.54 Å². The minimum Gasteiger partial charge on any atom is -0.477 e. The van der Waals surface area contributed by atoms with Gasteiger partial charge in [-0.3, -0.25) is 0 Å². The minimum atomic E-state index is -1.22. The molecule has 2 heterocycles. The topological polar surface area (TPSA) is 53.4 Å². The van der Waals surface area contributed by atoms with Gasteiger partial charge < -0.3 is 10.0 Å². The lowest BCUT2D eigenvalue weighted by Gasteiger charge is -2.16. The van der Waals surface area contributed by atoms with E-state index >= 15 is 0 Å². The lowest BCUT2D eigenvalue weighted by atomic mass is 10.3. The SMILES string of the molecule is O=C(O)c1ccc(F)c(N2CCC(F)C2)n1. The standard InChI is InChI=1S/C10H10F2N2O2/c11-6-3-4-14(5-6)9-7(12)1-2-8(13-9)10(15)16/h1-2,6H,3-5H2,(H,15,16). The lowest BCUT2D eigenvalue weighted by Crippen LogP contribution is -2.23. The summed E-state index contributed by atoms with van der Waals surface area (Å²) in [5.74, 6) is -1.93. The second-order valence-corrected chi connectivity index (χ2v) is 3.64. The van der Waals surface area contributed by atoms with Gasteiger partial charge >= 0.3 is 5.97 Å². The third kappa shape index (κ3) is 1.95. The molecule has 0 radical (unpaired) electrons. The molecule has 1 saturated heterocycles. The van der Waals surface area contributed by atoms with Crippen LogP contribution >= 0.6 is 0 Å². The van der Waals surface area contributed by atoms with Crippen molar-refractivity contribution in [3.63, 3.8) is 0 Å². The van der Waals surface area contributed by atoms with Crippen LogP contribution in [0.15, 0.2) is 12.1 Å². The number of pyridine rings is 1. The van der Waals surface area contributed by atoms with Crippen LogP contribution in [0.5, 0.6) is 0 Å². The van der Waals surface area contributed by atoms with Crippen LogP contribution in [0.3, 0.4) is 0 Å². The zero-order chi connectivity index (χ0) is 11.7. The third-order valence-electron chi connectivity index (χ3n) is 2.48. The third-order valence-corrected chi connectivity index (χ3v) is 2.48. The maximum absolute atomic E-state index is 13.4. The van der Waals surface area contributed by atoms with Crippen molar-refractivity contribution < 1.29 is 18.7 Å². The number of alkyl halides is 1. The quantitative estimate of drug-likeness (QED) is 0.832. The highest BCUT2D eigenvalue weighted by Crippen LogP contribution is 2.23. The summed E-state index contributed by atoms with van der Waals surface area (Å²) in [6.45, 7) is 0.418. The fraction of sp³-hybridized carbons (Fsp3) is 0.400. The first-order valence-electron chi connectivity index (χ1n) is 4.87. The van der Waals surface area contributed by atoms with Gasteiger partial charge in [-0.15, -0.1) is 0 Å². The summed E-state index contributed by atoms with van der Waals surface area (Å²) in [6.07, 6.45) is -0.687. The zero-order valence-electron chi connectivity index (χ0n) is 8.36. The van der Waals surface area contributed by atoms with Crippen molar-refractivity contribution >= 4 is 11.8 Å². The highest BCUT2D eigenvalue weighted by atomic mass is 19.1. The van der Waals surface area contributed by atoms with Crippen molar-refractivity contribution in [3.8, 4) is 0 Å². The molecule has 6 heteroatoms. The summed E-state index contributed by atoms with van der Waals surface area (Å²) in [5.41, 5.74) is -0.237. The van der Waals surface area contributed by atoms with Gasteiger partial charge in [0.15, 0.2) is 17.3 Å². The van der Waals surface area contributed by atoms with E-state index < -0.39 is 18.0 Å². The zero-order valence-corrected chi connectivity index (χ0v) is 8.36. The summed E-state index contributed by atoms with van der Waals surface area (Å²) >= 11 is 0. The summed E-state index contributed by atoms with van der Waals surface area (Å²) in [6, 6.07) is 2.13. The molecule has 4 nitrogen and oxygen atoms in total. The van der Waals surface area contributed by atoms with Crippen LogP contribution in [0.2, 0.25) is 0 Å². The second kappa shape index (κ2) is 4.03. The van der Waals surface area contributed by atoms with E-state index in [1.165, 1.54) is 4.90 Å². The number of hydrogen-bond donors (Lipinski definition) is 1.